The molecule has 1 atom stereocenters. The maximum Gasteiger partial charge on any atom is 0.312 e. The first kappa shape index (κ1) is 12.7. The molecule has 1 unspecified atom stereocenters. The van der Waals surface area contributed by atoms with Gasteiger partial charge in [0.2, 0.25) is 0 Å². The van der Waals surface area contributed by atoms with Gasteiger partial charge in [-0.3, -0.25) is 4.79 Å². The summed E-state index contributed by atoms with van der Waals surface area (Å²) < 4.78 is 2.13. The van der Waals surface area contributed by atoms with Gasteiger partial charge < -0.3 is 9.67 Å². The van der Waals surface area contributed by atoms with Crippen molar-refractivity contribution in [2.24, 2.45) is 0 Å². The number of fused-ring (bicyclic) bond motifs is 1. The normalized spacial score (nSPS) is 13.2. The maximum absolute atomic E-state index is 11.2. The minimum absolute atomic E-state index is 0.251. The molecule has 18 heavy (non-hydrogen) atoms. The molecular formula is C15H19NO2. The van der Waals surface area contributed by atoms with E-state index < -0.39 is 11.9 Å². The number of carbonyl (C=O) groups is 1. The Kier molecular flexibility index (Phi) is 3.16. The molecule has 0 fully saturated rings. The van der Waals surface area contributed by atoms with E-state index in [2.05, 4.69) is 43.5 Å². The van der Waals surface area contributed by atoms with Gasteiger partial charge in [0.1, 0.15) is 0 Å². The zero-order valence-electron chi connectivity index (χ0n) is 11.3. The van der Waals surface area contributed by atoms with Crippen LogP contribution < -0.4 is 0 Å². The molecule has 2 aromatic rings. The highest BCUT2D eigenvalue weighted by Gasteiger charge is 2.21. The third-order valence-corrected chi connectivity index (χ3v) is 3.36. The van der Waals surface area contributed by atoms with Crippen molar-refractivity contribution in [1.29, 1.82) is 0 Å². The first-order valence-electron chi connectivity index (χ1n) is 6.26. The Labute approximate surface area is 107 Å². The molecule has 3 heteroatoms. The molecule has 0 aliphatic carbocycles. The van der Waals surface area contributed by atoms with Crippen LogP contribution in [0.25, 0.3) is 10.9 Å². The Morgan fingerprint density at radius 1 is 1.22 bits per heavy atom. The predicted octanol–water partition coefficient (Wildman–Crippen LogP) is 3.72. The first-order chi connectivity index (χ1) is 8.41. The third-order valence-electron chi connectivity index (χ3n) is 3.36. The van der Waals surface area contributed by atoms with E-state index in [1.54, 1.807) is 6.92 Å². The van der Waals surface area contributed by atoms with Gasteiger partial charge in [-0.05, 0) is 50.8 Å². The topological polar surface area (TPSA) is 42.2 Å². The number of aromatic nitrogens is 1. The number of nitrogens with zero attached hydrogens (tertiary/aromatic N) is 1. The Morgan fingerprint density at radius 3 is 2.44 bits per heavy atom. The average molecular weight is 245 g/mol. The SMILES string of the molecule is Cc1ccc2cc(C(C)C(=O)O)n(C(C)C)c2c1. The van der Waals surface area contributed by atoms with Crippen molar-refractivity contribution in [3.63, 3.8) is 0 Å². The van der Waals surface area contributed by atoms with Crippen molar-refractivity contribution in [3.05, 3.63) is 35.5 Å². The Morgan fingerprint density at radius 2 is 1.89 bits per heavy atom. The van der Waals surface area contributed by atoms with Crippen LogP contribution in [-0.4, -0.2) is 15.6 Å². The van der Waals surface area contributed by atoms with Gasteiger partial charge in [0.15, 0.2) is 0 Å². The average Bonchev–Trinajstić information content (AvgIpc) is 2.65. The van der Waals surface area contributed by atoms with Gasteiger partial charge in [0.25, 0.3) is 0 Å². The molecule has 0 spiro atoms. The predicted molar refractivity (Wildman–Crippen MR) is 73.1 cm³/mol. The van der Waals surface area contributed by atoms with Crippen molar-refractivity contribution in [3.8, 4) is 0 Å². The Balaban J connectivity index is 2.73. The summed E-state index contributed by atoms with van der Waals surface area (Å²) in [6.07, 6.45) is 0. The number of aliphatic carboxylic acids is 1. The molecular weight excluding hydrogens is 226 g/mol. The van der Waals surface area contributed by atoms with Crippen LogP contribution in [0.2, 0.25) is 0 Å². The fraction of sp³-hybridized carbons (Fsp3) is 0.400. The minimum atomic E-state index is -0.781. The fourth-order valence-corrected chi connectivity index (χ4v) is 2.39. The molecule has 0 saturated heterocycles. The van der Waals surface area contributed by atoms with Crippen LogP contribution in [0.5, 0.6) is 0 Å². The molecule has 2 rings (SSSR count). The van der Waals surface area contributed by atoms with Crippen molar-refractivity contribution >= 4 is 16.9 Å². The maximum atomic E-state index is 11.2. The van der Waals surface area contributed by atoms with Gasteiger partial charge in [-0.25, -0.2) is 0 Å². The summed E-state index contributed by atoms with van der Waals surface area (Å²) in [5, 5.41) is 10.3. The lowest BCUT2D eigenvalue weighted by Gasteiger charge is -2.17. The van der Waals surface area contributed by atoms with Gasteiger partial charge in [-0.2, -0.15) is 0 Å². The van der Waals surface area contributed by atoms with Crippen LogP contribution in [0.15, 0.2) is 24.3 Å². The van der Waals surface area contributed by atoms with Gasteiger partial charge in [0, 0.05) is 17.3 Å². The number of aryl methyl sites for hydroxylation is 1. The highest BCUT2D eigenvalue weighted by atomic mass is 16.4. The van der Waals surface area contributed by atoms with Crippen LogP contribution >= 0.6 is 0 Å². The molecule has 1 aromatic heterocycles. The lowest BCUT2D eigenvalue weighted by Crippen LogP contribution is -2.14. The molecule has 1 N–H and O–H groups in total. The zero-order valence-corrected chi connectivity index (χ0v) is 11.3. The summed E-state index contributed by atoms with van der Waals surface area (Å²) in [6, 6.07) is 8.48. The molecule has 1 aromatic carbocycles. The molecule has 0 saturated carbocycles. The molecule has 0 aliphatic heterocycles. The van der Waals surface area contributed by atoms with Crippen molar-refractivity contribution in [1.82, 2.24) is 4.57 Å². The quantitative estimate of drug-likeness (QED) is 0.895. The van der Waals surface area contributed by atoms with Gasteiger partial charge in [-0.1, -0.05) is 12.1 Å². The molecule has 96 valence electrons. The fourth-order valence-electron chi connectivity index (χ4n) is 2.39. The number of rotatable bonds is 3. The Bertz CT molecular complexity index is 596. The highest BCUT2D eigenvalue weighted by Crippen LogP contribution is 2.29. The van der Waals surface area contributed by atoms with Crippen LogP contribution in [0.1, 0.15) is 44.0 Å². The van der Waals surface area contributed by atoms with Crippen molar-refractivity contribution in [2.75, 3.05) is 0 Å². The van der Waals surface area contributed by atoms with E-state index in [4.69, 9.17) is 0 Å². The summed E-state index contributed by atoms with van der Waals surface area (Å²) in [6.45, 7) is 7.96. The molecule has 0 amide bonds. The second-order valence-corrected chi connectivity index (χ2v) is 5.16. The second kappa shape index (κ2) is 4.48. The van der Waals surface area contributed by atoms with E-state index in [0.29, 0.717) is 0 Å². The van der Waals surface area contributed by atoms with E-state index in [1.165, 1.54) is 5.56 Å². The number of benzene rings is 1. The minimum Gasteiger partial charge on any atom is -0.481 e. The first-order valence-corrected chi connectivity index (χ1v) is 6.26. The van der Waals surface area contributed by atoms with E-state index in [9.17, 15) is 9.90 Å². The zero-order chi connectivity index (χ0) is 13.4. The summed E-state index contributed by atoms with van der Waals surface area (Å²) in [5.41, 5.74) is 3.18. The summed E-state index contributed by atoms with van der Waals surface area (Å²) in [5.74, 6) is -1.27. The van der Waals surface area contributed by atoms with E-state index >= 15 is 0 Å². The van der Waals surface area contributed by atoms with E-state index in [0.717, 1.165) is 16.6 Å². The van der Waals surface area contributed by atoms with Gasteiger partial charge >= 0.3 is 5.97 Å². The molecule has 3 nitrogen and oxygen atoms in total. The second-order valence-electron chi connectivity index (χ2n) is 5.16. The van der Waals surface area contributed by atoms with E-state index in [-0.39, 0.29) is 6.04 Å². The van der Waals surface area contributed by atoms with Crippen molar-refractivity contribution in [2.45, 2.75) is 39.7 Å². The summed E-state index contributed by atoms with van der Waals surface area (Å²) in [7, 11) is 0. The molecule has 1 heterocycles. The monoisotopic (exact) mass is 245 g/mol. The number of hydrogen-bond donors (Lipinski definition) is 1. The summed E-state index contributed by atoms with van der Waals surface area (Å²) in [4.78, 5) is 11.2. The summed E-state index contributed by atoms with van der Waals surface area (Å²) >= 11 is 0. The molecule has 0 aliphatic rings. The van der Waals surface area contributed by atoms with Crippen LogP contribution in [0.4, 0.5) is 0 Å². The standard InChI is InChI=1S/C15H19NO2/c1-9(2)16-13(11(4)15(17)18)8-12-6-5-10(3)7-14(12)16/h5-9,11H,1-4H3,(H,17,18). The molecule has 0 radical (unpaired) electrons. The van der Waals surface area contributed by atoms with Crippen molar-refractivity contribution < 1.29 is 9.90 Å². The van der Waals surface area contributed by atoms with Crippen LogP contribution in [-0.2, 0) is 4.79 Å². The lowest BCUT2D eigenvalue weighted by atomic mass is 10.1. The molecule has 0 bridgehead atoms. The van der Waals surface area contributed by atoms with E-state index in [1.807, 2.05) is 6.07 Å². The Hall–Kier alpha value is -1.77. The third kappa shape index (κ3) is 2.01. The number of hydrogen-bond acceptors (Lipinski definition) is 1. The number of carboxylic acid groups (broad SMARTS) is 1. The highest BCUT2D eigenvalue weighted by molar-refractivity contribution is 5.85. The largest absolute Gasteiger partial charge is 0.481 e. The number of carboxylic acids is 1. The smallest absolute Gasteiger partial charge is 0.312 e. The van der Waals surface area contributed by atoms with Crippen LogP contribution in [0, 0.1) is 6.92 Å². The van der Waals surface area contributed by atoms with Crippen LogP contribution in [0.3, 0.4) is 0 Å². The van der Waals surface area contributed by atoms with Gasteiger partial charge in [-0.15, -0.1) is 0 Å². The van der Waals surface area contributed by atoms with Gasteiger partial charge in [0.05, 0.1) is 5.92 Å². The lowest BCUT2D eigenvalue weighted by molar-refractivity contribution is -0.138.